The minimum Gasteiger partial charge on any atom is -0.221 e. The third kappa shape index (κ3) is 3.29. The number of nitrogens with zero attached hydrogens (tertiary/aromatic N) is 1. The summed E-state index contributed by atoms with van der Waals surface area (Å²) in [6.07, 6.45) is 1.66. The van der Waals surface area contributed by atoms with Crippen molar-refractivity contribution in [1.82, 2.24) is 0 Å². The van der Waals surface area contributed by atoms with E-state index >= 15 is 0 Å². The molecule has 0 fully saturated rings. The van der Waals surface area contributed by atoms with Crippen LogP contribution in [0, 0.1) is 12.0 Å². The number of aliphatic imine (C=N–C) groups is 1. The maximum atomic E-state index is 3.60. The molecule has 30 valence electrons. The minimum absolute atomic E-state index is 1.66. The Morgan fingerprint density at radius 3 is 2.67 bits per heavy atom. The van der Waals surface area contributed by atoms with E-state index in [-0.39, 0.29) is 0 Å². The second-order valence-corrected chi connectivity index (χ2v) is 0.749. The van der Waals surface area contributed by atoms with Crippen LogP contribution in [0.1, 0.15) is 6.92 Å². The van der Waals surface area contributed by atoms with Crippen LogP contribution in [0.4, 0.5) is 0 Å². The van der Waals surface area contributed by atoms with Gasteiger partial charge in [-0.15, -0.1) is 0 Å². The van der Waals surface area contributed by atoms with Crippen molar-refractivity contribution < 1.29 is 0 Å². The summed E-state index contributed by atoms with van der Waals surface area (Å²) in [5.41, 5.74) is 0. The molecular weight excluding hydrogens is 72.9 g/mol. The quantitative estimate of drug-likeness (QED) is 0.213. The molecule has 0 saturated heterocycles. The molecule has 0 aromatic rings. The van der Waals surface area contributed by atoms with Gasteiger partial charge in [-0.2, -0.15) is 0 Å². The molecule has 0 rings (SSSR count). The van der Waals surface area contributed by atoms with E-state index in [1.54, 1.807) is 13.0 Å². The van der Waals surface area contributed by atoms with Crippen molar-refractivity contribution in [3.8, 4) is 12.0 Å². The fourth-order valence-corrected chi connectivity index (χ4v) is 0.129. The lowest BCUT2D eigenvalue weighted by atomic mass is 10.2. The van der Waals surface area contributed by atoms with Crippen molar-refractivity contribution in [2.45, 2.75) is 6.92 Å². The highest BCUT2D eigenvalue weighted by Crippen LogP contribution is 1.51. The first kappa shape index (κ1) is 5.29. The summed E-state index contributed by atoms with van der Waals surface area (Å²) in [6.45, 7) is 1.76. The average molecular weight is 78.9 g/mol. The molecule has 1 nitrogen and oxygen atoms in total. The van der Waals surface area contributed by atoms with Crippen LogP contribution in [0.3, 0.4) is 0 Å². The number of rotatable bonds is 0. The Balaban J connectivity index is 3.24. The van der Waals surface area contributed by atoms with E-state index in [9.17, 15) is 0 Å². The molecule has 6 heavy (non-hydrogen) atoms. The SMILES string of the molecule is B/C=N/C#CC. The summed E-state index contributed by atoms with van der Waals surface area (Å²) in [5, 5.41) is 0. The van der Waals surface area contributed by atoms with Crippen molar-refractivity contribution in [3.05, 3.63) is 0 Å². The first-order valence-corrected chi connectivity index (χ1v) is 1.81. The molecule has 0 amide bonds. The van der Waals surface area contributed by atoms with Gasteiger partial charge in [0.25, 0.3) is 0 Å². The highest BCUT2D eigenvalue weighted by molar-refractivity contribution is 6.49. The molecule has 0 saturated carbocycles. The molecule has 0 unspecified atom stereocenters. The van der Waals surface area contributed by atoms with Gasteiger partial charge in [0.15, 0.2) is 7.85 Å². The Bertz CT molecular complexity index is 95.9. The Morgan fingerprint density at radius 2 is 2.50 bits per heavy atom. The summed E-state index contributed by atoms with van der Waals surface area (Å²) in [6, 6.07) is 2.52. The van der Waals surface area contributed by atoms with Crippen LogP contribution in [-0.2, 0) is 0 Å². The summed E-state index contributed by atoms with van der Waals surface area (Å²) >= 11 is 0. The van der Waals surface area contributed by atoms with Gasteiger partial charge in [-0.25, -0.2) is 4.99 Å². The topological polar surface area (TPSA) is 12.4 Å². The smallest absolute Gasteiger partial charge is 0.155 e. The largest absolute Gasteiger partial charge is 0.221 e. The van der Waals surface area contributed by atoms with Gasteiger partial charge < -0.3 is 0 Å². The van der Waals surface area contributed by atoms with Crippen molar-refractivity contribution in [1.29, 1.82) is 0 Å². The van der Waals surface area contributed by atoms with Crippen LogP contribution >= 0.6 is 0 Å². The van der Waals surface area contributed by atoms with Crippen molar-refractivity contribution in [2.24, 2.45) is 4.99 Å². The highest BCUT2D eigenvalue weighted by Gasteiger charge is 1.46. The van der Waals surface area contributed by atoms with Crippen molar-refractivity contribution in [3.63, 3.8) is 0 Å². The van der Waals surface area contributed by atoms with Gasteiger partial charge in [0.2, 0.25) is 0 Å². The van der Waals surface area contributed by atoms with Gasteiger partial charge in [0, 0.05) is 6.04 Å². The summed E-state index contributed by atoms with van der Waals surface area (Å²) in [5.74, 6) is 2.62. The maximum Gasteiger partial charge on any atom is 0.155 e. The molecule has 0 aromatic carbocycles. The number of hydrogen-bond acceptors (Lipinski definition) is 1. The first-order chi connectivity index (χ1) is 2.91. The zero-order valence-corrected chi connectivity index (χ0v) is 4.02. The zero-order chi connectivity index (χ0) is 4.83. The van der Waals surface area contributed by atoms with Gasteiger partial charge in [0.1, 0.15) is 0 Å². The van der Waals surface area contributed by atoms with Crippen LogP contribution in [0.5, 0.6) is 0 Å². The van der Waals surface area contributed by atoms with E-state index in [1.165, 1.54) is 0 Å². The molecule has 0 spiro atoms. The lowest BCUT2D eigenvalue weighted by Crippen LogP contribution is -1.60. The molecule has 0 aliphatic heterocycles. The molecule has 0 atom stereocenters. The summed E-state index contributed by atoms with van der Waals surface area (Å²) in [7, 11) is 1.84. The van der Waals surface area contributed by atoms with E-state index in [2.05, 4.69) is 17.0 Å². The van der Waals surface area contributed by atoms with E-state index in [0.717, 1.165) is 0 Å². The normalized spacial score (nSPS) is 7.50. The van der Waals surface area contributed by atoms with E-state index in [4.69, 9.17) is 0 Å². The fraction of sp³-hybridized carbons (Fsp3) is 0.250. The summed E-state index contributed by atoms with van der Waals surface area (Å²) in [4.78, 5) is 3.60. The maximum absolute atomic E-state index is 3.60. The Morgan fingerprint density at radius 1 is 1.83 bits per heavy atom. The Kier molecular flexibility index (Phi) is 3.79. The zero-order valence-electron chi connectivity index (χ0n) is 4.02. The fourth-order valence-electron chi connectivity index (χ4n) is 0.129. The third-order valence-electron chi connectivity index (χ3n) is 0.305. The third-order valence-corrected chi connectivity index (χ3v) is 0.305. The van der Waals surface area contributed by atoms with Gasteiger partial charge >= 0.3 is 0 Å². The lowest BCUT2D eigenvalue weighted by molar-refractivity contribution is 1.71. The summed E-state index contributed by atoms with van der Waals surface area (Å²) < 4.78 is 0. The molecule has 0 bridgehead atoms. The van der Waals surface area contributed by atoms with Crippen molar-refractivity contribution in [2.75, 3.05) is 0 Å². The van der Waals surface area contributed by atoms with Crippen molar-refractivity contribution >= 4 is 14.0 Å². The molecule has 0 N–H and O–H groups in total. The van der Waals surface area contributed by atoms with E-state index in [1.807, 2.05) is 7.85 Å². The second kappa shape index (κ2) is 4.29. The Hall–Kier alpha value is -0.705. The van der Waals surface area contributed by atoms with Crippen LogP contribution in [0.25, 0.3) is 0 Å². The van der Waals surface area contributed by atoms with E-state index in [0.29, 0.717) is 0 Å². The monoisotopic (exact) mass is 79.1 g/mol. The van der Waals surface area contributed by atoms with Gasteiger partial charge in [0.05, 0.1) is 0 Å². The molecule has 0 aromatic heterocycles. The molecule has 0 heterocycles. The lowest BCUT2D eigenvalue weighted by Gasteiger charge is -1.57. The van der Waals surface area contributed by atoms with Gasteiger partial charge in [-0.3, -0.25) is 0 Å². The second-order valence-electron chi connectivity index (χ2n) is 0.749. The molecule has 0 aliphatic rings. The van der Waals surface area contributed by atoms with Crippen LogP contribution in [0.15, 0.2) is 4.99 Å². The standard InChI is InChI=1S/C4H6BN/c1-2-3-6-4-5/h4H,5H2,1H3/b6-4+. The van der Waals surface area contributed by atoms with E-state index < -0.39 is 0 Å². The molecule has 2 heteroatoms. The predicted octanol–water partition coefficient (Wildman–Crippen LogP) is -0.371. The highest BCUT2D eigenvalue weighted by atomic mass is 14.6. The van der Waals surface area contributed by atoms with Gasteiger partial charge in [-0.1, -0.05) is 5.92 Å². The molecular formula is C4H6BN. The molecule has 0 radical (unpaired) electrons. The Labute approximate surface area is 38.9 Å². The predicted molar refractivity (Wildman–Crippen MR) is 30.5 cm³/mol. The molecule has 0 aliphatic carbocycles. The van der Waals surface area contributed by atoms with Crippen LogP contribution < -0.4 is 0 Å². The van der Waals surface area contributed by atoms with Crippen LogP contribution in [0.2, 0.25) is 0 Å². The first-order valence-electron chi connectivity index (χ1n) is 1.81. The number of hydrogen-bond donors (Lipinski definition) is 0. The minimum atomic E-state index is 1.66. The van der Waals surface area contributed by atoms with Gasteiger partial charge in [-0.05, 0) is 13.0 Å². The van der Waals surface area contributed by atoms with Crippen LogP contribution in [-0.4, -0.2) is 14.0 Å². The average Bonchev–Trinajstić information content (AvgIpc) is 1.61.